The Balaban J connectivity index is 1.51. The Bertz CT molecular complexity index is 615. The van der Waals surface area contributed by atoms with E-state index in [1.807, 2.05) is 0 Å². The third-order valence-electron chi connectivity index (χ3n) is 6.85. The summed E-state index contributed by atoms with van der Waals surface area (Å²) >= 11 is 0. The summed E-state index contributed by atoms with van der Waals surface area (Å²) in [4.78, 5) is 6.97. The summed E-state index contributed by atoms with van der Waals surface area (Å²) in [6.45, 7) is 2.01. The maximum Gasteiger partial charge on any atom is 0.234 e. The van der Waals surface area contributed by atoms with Crippen molar-refractivity contribution in [1.82, 2.24) is 4.98 Å². The van der Waals surface area contributed by atoms with Crippen LogP contribution in [-0.4, -0.2) is 18.1 Å². The van der Waals surface area contributed by atoms with Crippen molar-refractivity contribution < 1.29 is 4.42 Å². The van der Waals surface area contributed by atoms with Crippen LogP contribution in [0.5, 0.6) is 0 Å². The highest BCUT2D eigenvalue weighted by atomic mass is 16.4. The Labute approximate surface area is 137 Å². The first-order valence-corrected chi connectivity index (χ1v) is 9.42. The van der Waals surface area contributed by atoms with Gasteiger partial charge in [-0.1, -0.05) is 0 Å². The number of anilines is 1. The molecule has 1 aromatic rings. The van der Waals surface area contributed by atoms with Crippen LogP contribution in [0, 0.1) is 29.1 Å². The minimum absolute atomic E-state index is 0.147. The SMILES string of the molecule is N#Cc1nc(C23CC4CC(CC(C4)C2)C3)oc1N1CCCCC1. The van der Waals surface area contributed by atoms with Crippen LogP contribution in [0.15, 0.2) is 4.42 Å². The second-order valence-corrected chi connectivity index (χ2v) is 8.53. The highest BCUT2D eigenvalue weighted by Gasteiger charge is 2.54. The summed E-state index contributed by atoms with van der Waals surface area (Å²) in [6.07, 6.45) is 11.7. The van der Waals surface area contributed by atoms with Gasteiger partial charge >= 0.3 is 0 Å². The van der Waals surface area contributed by atoms with E-state index >= 15 is 0 Å². The Morgan fingerprint density at radius 2 is 1.61 bits per heavy atom. The van der Waals surface area contributed by atoms with Crippen LogP contribution in [0.25, 0.3) is 0 Å². The van der Waals surface area contributed by atoms with E-state index in [4.69, 9.17) is 9.40 Å². The van der Waals surface area contributed by atoms with Crippen molar-refractivity contribution in [2.75, 3.05) is 18.0 Å². The van der Waals surface area contributed by atoms with Crippen molar-refractivity contribution in [2.24, 2.45) is 17.8 Å². The smallest absolute Gasteiger partial charge is 0.234 e. The topological polar surface area (TPSA) is 53.1 Å². The van der Waals surface area contributed by atoms with E-state index in [0.29, 0.717) is 5.69 Å². The molecule has 23 heavy (non-hydrogen) atoms. The lowest BCUT2D eigenvalue weighted by Gasteiger charge is -2.55. The van der Waals surface area contributed by atoms with E-state index in [9.17, 15) is 5.26 Å². The van der Waals surface area contributed by atoms with Gasteiger partial charge in [0.15, 0.2) is 0 Å². The van der Waals surface area contributed by atoms with Gasteiger partial charge in [-0.3, -0.25) is 0 Å². The fraction of sp³-hybridized carbons (Fsp3) is 0.789. The first kappa shape index (κ1) is 13.9. The lowest BCUT2D eigenvalue weighted by Crippen LogP contribution is -2.48. The van der Waals surface area contributed by atoms with E-state index in [-0.39, 0.29) is 5.41 Å². The molecule has 5 aliphatic rings. The van der Waals surface area contributed by atoms with Gasteiger partial charge in [-0.2, -0.15) is 10.2 Å². The summed E-state index contributed by atoms with van der Waals surface area (Å²) in [5, 5.41) is 9.55. The van der Waals surface area contributed by atoms with E-state index < -0.39 is 0 Å². The van der Waals surface area contributed by atoms with Gasteiger partial charge in [-0.05, 0) is 75.5 Å². The molecular formula is C19H25N3O. The number of aromatic nitrogens is 1. The number of hydrogen-bond donors (Lipinski definition) is 0. The van der Waals surface area contributed by atoms with Gasteiger partial charge in [0.1, 0.15) is 6.07 Å². The number of nitriles is 1. The summed E-state index contributed by atoms with van der Waals surface area (Å²) in [5.41, 5.74) is 0.673. The monoisotopic (exact) mass is 311 g/mol. The molecular weight excluding hydrogens is 286 g/mol. The molecule has 1 aliphatic heterocycles. The van der Waals surface area contributed by atoms with Crippen molar-refractivity contribution in [2.45, 2.75) is 63.2 Å². The third kappa shape index (κ3) is 2.12. The number of oxazole rings is 1. The molecule has 4 aliphatic carbocycles. The molecule has 0 radical (unpaired) electrons. The molecule has 4 heteroatoms. The van der Waals surface area contributed by atoms with Crippen LogP contribution >= 0.6 is 0 Å². The zero-order valence-electron chi connectivity index (χ0n) is 13.8. The summed E-state index contributed by atoms with van der Waals surface area (Å²) in [7, 11) is 0. The van der Waals surface area contributed by atoms with Crippen LogP contribution in [0.3, 0.4) is 0 Å². The van der Waals surface area contributed by atoms with Gasteiger partial charge in [-0.25, -0.2) is 0 Å². The van der Waals surface area contributed by atoms with Crippen LogP contribution in [0.4, 0.5) is 5.88 Å². The second-order valence-electron chi connectivity index (χ2n) is 8.53. The predicted molar refractivity (Wildman–Crippen MR) is 87.1 cm³/mol. The van der Waals surface area contributed by atoms with Crippen molar-refractivity contribution in [1.29, 1.82) is 5.26 Å². The third-order valence-corrected chi connectivity index (χ3v) is 6.85. The Morgan fingerprint density at radius 1 is 1.00 bits per heavy atom. The van der Waals surface area contributed by atoms with Crippen LogP contribution in [0.2, 0.25) is 0 Å². The molecule has 0 unspecified atom stereocenters. The van der Waals surface area contributed by atoms with Crippen molar-refractivity contribution in [3.63, 3.8) is 0 Å². The standard InChI is InChI=1S/C19H25N3O/c20-12-16-17(22-4-2-1-3-5-22)23-18(21-16)19-9-13-6-14(10-19)8-15(7-13)11-19/h13-15H,1-11H2. The van der Waals surface area contributed by atoms with Gasteiger partial charge in [0.2, 0.25) is 17.5 Å². The molecule has 0 N–H and O–H groups in total. The second kappa shape index (κ2) is 5.00. The number of rotatable bonds is 2. The lowest BCUT2D eigenvalue weighted by molar-refractivity contribution is -0.0175. The van der Waals surface area contributed by atoms with Gasteiger partial charge < -0.3 is 9.32 Å². The summed E-state index contributed by atoms with van der Waals surface area (Å²) in [5.74, 6) is 4.28. The zero-order valence-corrected chi connectivity index (χ0v) is 13.8. The van der Waals surface area contributed by atoms with Crippen LogP contribution < -0.4 is 4.90 Å². The molecule has 0 spiro atoms. The zero-order chi connectivity index (χ0) is 15.4. The predicted octanol–water partition coefficient (Wildman–Crippen LogP) is 4.00. The summed E-state index contributed by atoms with van der Waals surface area (Å²) in [6, 6.07) is 2.30. The van der Waals surface area contributed by atoms with E-state index in [1.54, 1.807) is 0 Å². The average Bonchev–Trinajstić information content (AvgIpc) is 2.99. The normalized spacial score (nSPS) is 38.7. The van der Waals surface area contributed by atoms with E-state index in [1.165, 1.54) is 57.8 Å². The minimum Gasteiger partial charge on any atom is -0.423 e. The largest absolute Gasteiger partial charge is 0.423 e. The molecule has 2 heterocycles. The maximum absolute atomic E-state index is 9.55. The Morgan fingerprint density at radius 3 is 2.17 bits per heavy atom. The molecule has 6 rings (SSSR count). The first-order chi connectivity index (χ1) is 11.3. The van der Waals surface area contributed by atoms with Crippen LogP contribution in [-0.2, 0) is 5.41 Å². The molecule has 0 aromatic carbocycles. The van der Waals surface area contributed by atoms with Gasteiger partial charge in [0.05, 0.1) is 0 Å². The minimum atomic E-state index is 0.147. The highest BCUT2D eigenvalue weighted by molar-refractivity contribution is 5.49. The van der Waals surface area contributed by atoms with Crippen molar-refractivity contribution >= 4 is 5.88 Å². The Hall–Kier alpha value is -1.50. The molecule has 1 saturated heterocycles. The fourth-order valence-electron chi connectivity index (χ4n) is 6.30. The first-order valence-electron chi connectivity index (χ1n) is 9.42. The Kier molecular flexibility index (Phi) is 3.02. The van der Waals surface area contributed by atoms with Gasteiger partial charge in [0, 0.05) is 18.5 Å². The van der Waals surface area contributed by atoms with Gasteiger partial charge in [0.25, 0.3) is 0 Å². The van der Waals surface area contributed by atoms with Crippen LogP contribution in [0.1, 0.15) is 69.4 Å². The number of piperidine rings is 1. The molecule has 4 nitrogen and oxygen atoms in total. The number of hydrogen-bond acceptors (Lipinski definition) is 4. The quantitative estimate of drug-likeness (QED) is 0.828. The van der Waals surface area contributed by atoms with Gasteiger partial charge in [-0.15, -0.1) is 0 Å². The molecule has 4 saturated carbocycles. The molecule has 4 bridgehead atoms. The molecule has 5 fully saturated rings. The highest BCUT2D eigenvalue weighted by Crippen LogP contribution is 2.60. The molecule has 0 amide bonds. The summed E-state index contributed by atoms with van der Waals surface area (Å²) < 4.78 is 6.32. The average molecular weight is 311 g/mol. The van der Waals surface area contributed by atoms with Crippen molar-refractivity contribution in [3.8, 4) is 6.07 Å². The maximum atomic E-state index is 9.55. The molecule has 1 aromatic heterocycles. The number of nitrogens with zero attached hydrogens (tertiary/aromatic N) is 3. The molecule has 122 valence electrons. The van der Waals surface area contributed by atoms with E-state index in [0.717, 1.165) is 42.6 Å². The molecule has 0 atom stereocenters. The lowest BCUT2D eigenvalue weighted by atomic mass is 9.49. The van der Waals surface area contributed by atoms with E-state index in [2.05, 4.69) is 11.0 Å². The fourth-order valence-corrected chi connectivity index (χ4v) is 6.30. The van der Waals surface area contributed by atoms with Crippen molar-refractivity contribution in [3.05, 3.63) is 11.6 Å².